The van der Waals surface area contributed by atoms with E-state index in [-0.39, 0.29) is 25.9 Å². The van der Waals surface area contributed by atoms with Crippen molar-refractivity contribution in [2.45, 2.75) is 32.0 Å². The molecule has 1 heterocycles. The van der Waals surface area contributed by atoms with Crippen LogP contribution < -0.4 is 0 Å². The fraction of sp³-hybridized carbons (Fsp3) is 0.889. The Labute approximate surface area is 85.9 Å². The molecule has 6 heteroatoms. The minimum atomic E-state index is -4.14. The zero-order chi connectivity index (χ0) is 11.6. The number of carboxylic acid groups (broad SMARTS) is 1. The number of rotatable bonds is 2. The molecule has 0 radical (unpaired) electrons. The molecule has 0 aromatic rings. The van der Waals surface area contributed by atoms with Crippen molar-refractivity contribution in [3.63, 3.8) is 0 Å². The molecule has 3 nitrogen and oxygen atoms in total. The summed E-state index contributed by atoms with van der Waals surface area (Å²) < 4.78 is 36.9. The predicted octanol–water partition coefficient (Wildman–Crippen LogP) is 1.73. The van der Waals surface area contributed by atoms with Crippen LogP contribution in [0.15, 0.2) is 0 Å². The molecule has 1 N–H and O–H groups in total. The van der Waals surface area contributed by atoms with Gasteiger partial charge in [-0.15, -0.1) is 0 Å². The Kier molecular flexibility index (Phi) is 3.59. The van der Waals surface area contributed by atoms with Crippen LogP contribution in [0.4, 0.5) is 13.2 Å². The molecule has 1 rings (SSSR count). The lowest BCUT2D eigenvalue weighted by atomic mass is 9.95. The van der Waals surface area contributed by atoms with Crippen LogP contribution in [0.3, 0.4) is 0 Å². The zero-order valence-corrected chi connectivity index (χ0v) is 8.42. The third kappa shape index (κ3) is 3.09. The van der Waals surface area contributed by atoms with E-state index in [4.69, 9.17) is 5.11 Å². The van der Waals surface area contributed by atoms with Crippen LogP contribution in [-0.2, 0) is 4.79 Å². The first-order valence-electron chi connectivity index (χ1n) is 4.86. The summed E-state index contributed by atoms with van der Waals surface area (Å²) in [6.07, 6.45) is -4.14. The number of aliphatic carboxylic acids is 1. The van der Waals surface area contributed by atoms with Gasteiger partial charge in [0.25, 0.3) is 0 Å². The maximum absolute atomic E-state index is 12.3. The number of carbonyl (C=O) groups is 1. The van der Waals surface area contributed by atoms with Crippen molar-refractivity contribution >= 4 is 5.97 Å². The number of carboxylic acids is 1. The molecule has 0 spiro atoms. The molecular formula is C9H14F3NO2. The van der Waals surface area contributed by atoms with Crippen LogP contribution in [0.25, 0.3) is 0 Å². The zero-order valence-electron chi connectivity index (χ0n) is 8.42. The van der Waals surface area contributed by atoms with Crippen LogP contribution in [0.5, 0.6) is 0 Å². The van der Waals surface area contributed by atoms with Gasteiger partial charge in [0.15, 0.2) is 0 Å². The Morgan fingerprint density at radius 2 is 1.87 bits per heavy atom. The standard InChI is InChI=1S/C9H14F3NO2/c1-6(8(14)15)13-4-2-7(3-5-13)9(10,11)12/h6-7H,2-5H2,1H3,(H,14,15)/t6-/m1/s1. The second-order valence-electron chi connectivity index (χ2n) is 3.87. The second kappa shape index (κ2) is 4.38. The number of hydrogen-bond acceptors (Lipinski definition) is 2. The second-order valence-corrected chi connectivity index (χ2v) is 3.87. The highest BCUT2D eigenvalue weighted by atomic mass is 19.4. The van der Waals surface area contributed by atoms with Gasteiger partial charge in [-0.25, -0.2) is 0 Å². The van der Waals surface area contributed by atoms with Gasteiger partial charge in [-0.3, -0.25) is 9.69 Å². The molecule has 15 heavy (non-hydrogen) atoms. The largest absolute Gasteiger partial charge is 0.480 e. The molecule has 0 amide bonds. The van der Waals surface area contributed by atoms with E-state index in [1.807, 2.05) is 0 Å². The molecule has 0 aliphatic carbocycles. The highest BCUT2D eigenvalue weighted by Crippen LogP contribution is 2.34. The quantitative estimate of drug-likeness (QED) is 0.778. The summed E-state index contributed by atoms with van der Waals surface area (Å²) in [6.45, 7) is 1.91. The van der Waals surface area contributed by atoms with Crippen LogP contribution in [0, 0.1) is 5.92 Å². The fourth-order valence-corrected chi connectivity index (χ4v) is 1.77. The normalized spacial score (nSPS) is 22.7. The van der Waals surface area contributed by atoms with Gasteiger partial charge in [0.1, 0.15) is 6.04 Å². The Balaban J connectivity index is 2.46. The maximum atomic E-state index is 12.3. The lowest BCUT2D eigenvalue weighted by molar-refractivity contribution is -0.186. The molecule has 88 valence electrons. The molecule has 1 fully saturated rings. The first-order chi connectivity index (χ1) is 6.82. The van der Waals surface area contributed by atoms with Crippen molar-refractivity contribution in [3.8, 4) is 0 Å². The van der Waals surface area contributed by atoms with E-state index in [2.05, 4.69) is 0 Å². The van der Waals surface area contributed by atoms with Crippen molar-refractivity contribution < 1.29 is 23.1 Å². The first kappa shape index (κ1) is 12.3. The van der Waals surface area contributed by atoms with E-state index in [9.17, 15) is 18.0 Å². The molecule has 1 aliphatic rings. The molecule has 1 saturated heterocycles. The summed E-state index contributed by atoms with van der Waals surface area (Å²) in [7, 11) is 0. The third-order valence-electron chi connectivity index (χ3n) is 2.90. The summed E-state index contributed by atoms with van der Waals surface area (Å²) in [5.41, 5.74) is 0. The summed E-state index contributed by atoms with van der Waals surface area (Å²) in [6, 6.07) is -0.695. The summed E-state index contributed by atoms with van der Waals surface area (Å²) in [5.74, 6) is -2.25. The Bertz CT molecular complexity index is 234. The minimum Gasteiger partial charge on any atom is -0.480 e. The SMILES string of the molecule is C[C@H](C(=O)O)N1CCC(C(F)(F)F)CC1. The van der Waals surface area contributed by atoms with Gasteiger partial charge in [-0.05, 0) is 32.9 Å². The average Bonchev–Trinajstić information content (AvgIpc) is 2.15. The summed E-state index contributed by atoms with van der Waals surface area (Å²) in [4.78, 5) is 12.2. The van der Waals surface area contributed by atoms with E-state index in [1.165, 1.54) is 6.92 Å². The van der Waals surface area contributed by atoms with Gasteiger partial charge in [0.2, 0.25) is 0 Å². The summed E-state index contributed by atoms with van der Waals surface area (Å²) in [5, 5.41) is 8.70. The van der Waals surface area contributed by atoms with Crippen molar-refractivity contribution in [2.75, 3.05) is 13.1 Å². The number of alkyl halides is 3. The van der Waals surface area contributed by atoms with Crippen molar-refractivity contribution in [1.29, 1.82) is 0 Å². The minimum absolute atomic E-state index is 0.00111. The van der Waals surface area contributed by atoms with E-state index in [0.717, 1.165) is 0 Å². The molecule has 0 saturated carbocycles. The van der Waals surface area contributed by atoms with Crippen molar-refractivity contribution in [2.24, 2.45) is 5.92 Å². The van der Waals surface area contributed by atoms with Gasteiger partial charge in [-0.1, -0.05) is 0 Å². The lowest BCUT2D eigenvalue weighted by Gasteiger charge is -2.34. The van der Waals surface area contributed by atoms with Crippen molar-refractivity contribution in [3.05, 3.63) is 0 Å². The Hall–Kier alpha value is -0.780. The van der Waals surface area contributed by atoms with E-state index in [1.54, 1.807) is 4.90 Å². The molecule has 0 bridgehead atoms. The molecular weight excluding hydrogens is 211 g/mol. The van der Waals surface area contributed by atoms with Crippen LogP contribution in [0.1, 0.15) is 19.8 Å². The molecule has 0 unspecified atom stereocenters. The number of likely N-dealkylation sites (tertiary alicyclic amines) is 1. The Morgan fingerprint density at radius 1 is 1.40 bits per heavy atom. The fourth-order valence-electron chi connectivity index (χ4n) is 1.77. The smallest absolute Gasteiger partial charge is 0.391 e. The lowest BCUT2D eigenvalue weighted by Crippen LogP contribution is -2.46. The molecule has 0 aromatic carbocycles. The predicted molar refractivity (Wildman–Crippen MR) is 47.4 cm³/mol. The third-order valence-corrected chi connectivity index (χ3v) is 2.90. The number of piperidine rings is 1. The van der Waals surface area contributed by atoms with Crippen molar-refractivity contribution in [1.82, 2.24) is 4.90 Å². The average molecular weight is 225 g/mol. The maximum Gasteiger partial charge on any atom is 0.391 e. The highest BCUT2D eigenvalue weighted by molar-refractivity contribution is 5.72. The number of hydrogen-bond donors (Lipinski definition) is 1. The van der Waals surface area contributed by atoms with E-state index in [0.29, 0.717) is 0 Å². The van der Waals surface area contributed by atoms with Gasteiger partial charge >= 0.3 is 12.1 Å². The number of halogens is 3. The molecule has 1 aliphatic heterocycles. The first-order valence-corrected chi connectivity index (χ1v) is 4.86. The van der Waals surface area contributed by atoms with Crippen LogP contribution in [0.2, 0.25) is 0 Å². The Morgan fingerprint density at radius 3 is 2.20 bits per heavy atom. The van der Waals surface area contributed by atoms with E-state index >= 15 is 0 Å². The van der Waals surface area contributed by atoms with E-state index < -0.39 is 24.1 Å². The number of nitrogens with zero attached hydrogens (tertiary/aromatic N) is 1. The molecule has 1 atom stereocenters. The van der Waals surface area contributed by atoms with Gasteiger partial charge in [0, 0.05) is 0 Å². The van der Waals surface area contributed by atoms with Gasteiger partial charge < -0.3 is 5.11 Å². The monoisotopic (exact) mass is 225 g/mol. The van der Waals surface area contributed by atoms with Gasteiger partial charge in [-0.2, -0.15) is 13.2 Å². The van der Waals surface area contributed by atoms with Crippen LogP contribution >= 0.6 is 0 Å². The summed E-state index contributed by atoms with van der Waals surface area (Å²) >= 11 is 0. The highest BCUT2D eigenvalue weighted by Gasteiger charge is 2.42. The topological polar surface area (TPSA) is 40.5 Å². The van der Waals surface area contributed by atoms with Gasteiger partial charge in [0.05, 0.1) is 5.92 Å². The van der Waals surface area contributed by atoms with Crippen LogP contribution in [-0.4, -0.2) is 41.3 Å². The molecule has 0 aromatic heterocycles.